The van der Waals surface area contributed by atoms with Crippen molar-refractivity contribution in [1.82, 2.24) is 0 Å². The van der Waals surface area contributed by atoms with Crippen LogP contribution in [0.3, 0.4) is 0 Å². The first-order chi connectivity index (χ1) is 41.8. The molecule has 29 atom stereocenters. The lowest BCUT2D eigenvalue weighted by Crippen LogP contribution is -2.78. The maximum Gasteiger partial charge on any atom is 0.331 e. The molecule has 1 aromatic carbocycles. The largest absolute Gasteiger partial charge is 0.458 e. The van der Waals surface area contributed by atoms with Crippen molar-refractivity contribution < 1.29 is 116 Å². The smallest absolute Gasteiger partial charge is 0.331 e. The SMILES string of the molecule is CO[C@H]1C[C@H](O[C@H]2CC[C@@]3(C)C(=CC[C@]4(O)[C@@H]3C[C@@H](OC(=O)/C=C/c3ccccc3)[C@@]3(C)[C@]4(O)CC[C@@]3(O)C(C)=O)C2)O[C@H](C)[C@H]1O[C@H]1C[C@H](OC)[C@H](O[C@H]2C[C@@H](OC)[C@H](O[C@H]3C[C@H](OC)[C@H](O[C@@H]4O[C@H](CO)[C@@H](O)[C@H](O)[C@H]4O)[C@@H](C)O3)[C@@H](C)O2)[C@@H](C)O1. The molecule has 7 N–H and O–H groups in total. The summed E-state index contributed by atoms with van der Waals surface area (Å²) in [4.78, 5) is 27.0. The Kier molecular flexibility index (Phi) is 20.9. The van der Waals surface area contributed by atoms with E-state index >= 15 is 0 Å². The molecule has 3 saturated carbocycles. The molecule has 5 saturated heterocycles. The van der Waals surface area contributed by atoms with Crippen molar-refractivity contribution in [2.45, 2.75) is 277 Å². The van der Waals surface area contributed by atoms with Gasteiger partial charge in [-0.2, -0.15) is 0 Å². The van der Waals surface area contributed by atoms with Crippen molar-refractivity contribution in [2.75, 3.05) is 35.0 Å². The molecule has 0 amide bonds. The van der Waals surface area contributed by atoms with Gasteiger partial charge in [0.05, 0.1) is 67.0 Å². The van der Waals surface area contributed by atoms with Gasteiger partial charge in [-0.15, -0.1) is 0 Å². The lowest BCUT2D eigenvalue weighted by Gasteiger charge is -2.67. The van der Waals surface area contributed by atoms with E-state index in [0.717, 1.165) is 11.1 Å². The lowest BCUT2D eigenvalue weighted by molar-refractivity contribution is -0.358. The van der Waals surface area contributed by atoms with E-state index in [9.17, 15) is 45.3 Å². The molecule has 5 heterocycles. The topological polar surface area (TPSA) is 314 Å². The monoisotopic (exact) mass is 1250 g/mol. The molecular weight excluding hydrogens is 1150 g/mol. The fourth-order valence-corrected chi connectivity index (χ4v) is 16.5. The first-order valence-corrected chi connectivity index (χ1v) is 31.4. The summed E-state index contributed by atoms with van der Waals surface area (Å²) in [5, 5.41) is 79.2. The van der Waals surface area contributed by atoms with Crippen LogP contribution in [-0.2, 0) is 80.6 Å². The van der Waals surface area contributed by atoms with Crippen molar-refractivity contribution in [3.63, 3.8) is 0 Å². The summed E-state index contributed by atoms with van der Waals surface area (Å²) in [5.41, 5.74) is -6.36. The van der Waals surface area contributed by atoms with Crippen LogP contribution in [0.4, 0.5) is 0 Å². The maximum atomic E-state index is 13.7. The van der Waals surface area contributed by atoms with Crippen molar-refractivity contribution >= 4 is 17.8 Å². The number of benzene rings is 1. The number of esters is 1. The van der Waals surface area contributed by atoms with E-state index in [1.807, 2.05) is 57.2 Å². The van der Waals surface area contributed by atoms with Crippen LogP contribution < -0.4 is 0 Å². The molecule has 4 aliphatic carbocycles. The minimum absolute atomic E-state index is 0.0639. The quantitative estimate of drug-likeness (QED) is 0.0595. The van der Waals surface area contributed by atoms with Gasteiger partial charge in [-0.25, -0.2) is 4.79 Å². The number of ether oxygens (including phenoxy) is 15. The minimum Gasteiger partial charge on any atom is -0.458 e. The summed E-state index contributed by atoms with van der Waals surface area (Å²) in [5.74, 6) is -1.84. The molecule has 8 fully saturated rings. The van der Waals surface area contributed by atoms with Gasteiger partial charge >= 0.3 is 5.97 Å². The molecule has 24 nitrogen and oxygen atoms in total. The lowest BCUT2D eigenvalue weighted by atomic mass is 9.42. The van der Waals surface area contributed by atoms with E-state index in [-0.39, 0.29) is 38.2 Å². The molecule has 9 aliphatic rings. The van der Waals surface area contributed by atoms with Gasteiger partial charge in [-0.3, -0.25) is 4.79 Å². The second-order valence-electron chi connectivity index (χ2n) is 26.4. The number of aliphatic hydroxyl groups is 7. The number of fused-ring (bicyclic) bond motifs is 5. The van der Waals surface area contributed by atoms with Crippen molar-refractivity contribution in [3.05, 3.63) is 53.6 Å². The van der Waals surface area contributed by atoms with Crippen LogP contribution in [0.15, 0.2) is 48.1 Å². The number of aliphatic hydroxyl groups excluding tert-OH is 4. The second-order valence-corrected chi connectivity index (χ2v) is 26.4. The van der Waals surface area contributed by atoms with Gasteiger partial charge in [0.1, 0.15) is 71.7 Å². The molecule has 0 spiro atoms. The number of rotatable bonds is 19. The van der Waals surface area contributed by atoms with Crippen LogP contribution in [0.5, 0.6) is 0 Å². The van der Waals surface area contributed by atoms with E-state index in [4.69, 9.17) is 71.1 Å². The summed E-state index contributed by atoms with van der Waals surface area (Å²) in [6, 6.07) is 9.27. The summed E-state index contributed by atoms with van der Waals surface area (Å²) in [6.07, 6.45) is -10.3. The maximum absolute atomic E-state index is 13.7. The Balaban J connectivity index is 0.723. The van der Waals surface area contributed by atoms with Gasteiger partial charge < -0.3 is 107 Å². The predicted octanol–water partition coefficient (Wildman–Crippen LogP) is 3.06. The molecule has 10 rings (SSSR count). The molecule has 88 heavy (non-hydrogen) atoms. The van der Waals surface area contributed by atoms with Crippen molar-refractivity contribution in [1.29, 1.82) is 0 Å². The number of carbonyl (C=O) groups is 2. The Hall–Kier alpha value is -3.00. The summed E-state index contributed by atoms with van der Waals surface area (Å²) >= 11 is 0. The Bertz CT molecular complexity index is 2590. The Morgan fingerprint density at radius 3 is 1.59 bits per heavy atom. The van der Waals surface area contributed by atoms with Crippen LogP contribution in [0.1, 0.15) is 125 Å². The number of carbonyl (C=O) groups excluding carboxylic acids is 2. The Morgan fingerprint density at radius 2 is 1.11 bits per heavy atom. The first kappa shape index (κ1) is 67.9. The summed E-state index contributed by atoms with van der Waals surface area (Å²) < 4.78 is 94.3. The van der Waals surface area contributed by atoms with Crippen LogP contribution in [0, 0.1) is 16.7 Å². The molecule has 1 aromatic rings. The third-order valence-electron chi connectivity index (χ3n) is 21.7. The number of Topliss-reactive ketones (excluding diaryl/α,β-unsaturated/α-hetero) is 1. The highest BCUT2D eigenvalue weighted by Gasteiger charge is 2.81. The number of methoxy groups -OCH3 is 4. The van der Waals surface area contributed by atoms with Crippen molar-refractivity contribution in [2.24, 2.45) is 16.7 Å². The molecular formula is C64H96O24. The normalized spacial score (nSPS) is 48.9. The predicted molar refractivity (Wildman–Crippen MR) is 308 cm³/mol. The van der Waals surface area contributed by atoms with Gasteiger partial charge in [0.15, 0.2) is 37.2 Å². The van der Waals surface area contributed by atoms with Crippen LogP contribution >= 0.6 is 0 Å². The average molecular weight is 1250 g/mol. The third-order valence-corrected chi connectivity index (χ3v) is 21.7. The van der Waals surface area contributed by atoms with Crippen molar-refractivity contribution in [3.8, 4) is 0 Å². The van der Waals surface area contributed by atoms with E-state index < -0.39 is 187 Å². The molecule has 5 aliphatic heterocycles. The average Bonchev–Trinajstić information content (AvgIpc) is 1.36. The fourth-order valence-electron chi connectivity index (χ4n) is 16.5. The van der Waals surface area contributed by atoms with Gasteiger partial charge in [0, 0.05) is 66.1 Å². The zero-order valence-electron chi connectivity index (χ0n) is 52.5. The standard InChI is InChI=1S/C64H96O24/c1-32-55(85-49-27-41(75-9)56(33(2)79-49)86-50-28-42(76-10)57(34(3)80-50)87-51-29-43(77-11)58(35(4)81-51)88-59-54(70)53(69)52(68)44(31-65)83-59)40(74-8)26-48(78-32)82-39-20-21-60(6)38(25-39)19-22-63(72)45(60)30-46(84-47(67)18-17-37-15-13-12-14-16-37)61(7)62(71,36(5)66)23-24-64(61,63)73/h12-19,32-35,39-46,48-59,65,68-73H,20-31H2,1-11H3/b18-17+/t32-,33-,34-,35-,39+,40+,41+,42-,43+,44-,45-,46-,48+,49+,50+,51+,52-,53+,54-,55-,56-,57-,58-,59+,60+,61-,62-,63+,64-/m1/s1. The van der Waals surface area contributed by atoms with E-state index in [1.54, 1.807) is 41.3 Å². The molecule has 24 heteroatoms. The first-order valence-electron chi connectivity index (χ1n) is 31.4. The molecule has 0 radical (unpaired) electrons. The molecule has 0 aromatic heterocycles. The fraction of sp³-hybridized carbons (Fsp3) is 0.812. The van der Waals surface area contributed by atoms with Gasteiger partial charge in [-0.1, -0.05) is 48.9 Å². The molecule has 496 valence electrons. The zero-order chi connectivity index (χ0) is 63.4. The van der Waals surface area contributed by atoms with Gasteiger partial charge in [-0.05, 0) is 104 Å². The van der Waals surface area contributed by atoms with Crippen LogP contribution in [-0.4, -0.2) is 241 Å². The van der Waals surface area contributed by atoms with E-state index in [0.29, 0.717) is 38.5 Å². The summed E-state index contributed by atoms with van der Waals surface area (Å²) in [7, 11) is 6.34. The van der Waals surface area contributed by atoms with Crippen LogP contribution in [0.25, 0.3) is 6.08 Å². The third kappa shape index (κ3) is 12.4. The number of hydrogen-bond donors (Lipinski definition) is 7. The Labute approximate surface area is 515 Å². The number of ketones is 1. The molecule has 0 bridgehead atoms. The zero-order valence-corrected chi connectivity index (χ0v) is 52.5. The van der Waals surface area contributed by atoms with Crippen LogP contribution in [0.2, 0.25) is 0 Å². The minimum atomic E-state index is -2.06. The van der Waals surface area contributed by atoms with E-state index in [1.165, 1.54) is 20.1 Å². The second kappa shape index (κ2) is 27.1. The highest BCUT2D eigenvalue weighted by molar-refractivity contribution is 5.88. The van der Waals surface area contributed by atoms with Gasteiger partial charge in [0.2, 0.25) is 0 Å². The highest BCUT2D eigenvalue weighted by atomic mass is 16.8. The molecule has 0 unspecified atom stereocenters. The van der Waals surface area contributed by atoms with E-state index in [2.05, 4.69) is 6.92 Å². The highest BCUT2D eigenvalue weighted by Crippen LogP contribution is 2.71. The van der Waals surface area contributed by atoms with Gasteiger partial charge in [0.25, 0.3) is 0 Å². The summed E-state index contributed by atoms with van der Waals surface area (Å²) in [6.45, 7) is 11.8. The number of hydrogen-bond acceptors (Lipinski definition) is 24. The Morgan fingerprint density at radius 1 is 0.625 bits per heavy atom.